The smallest absolute Gasteiger partial charge is 0.138 e. The van der Waals surface area contributed by atoms with Gasteiger partial charge in [-0.2, -0.15) is 0 Å². The van der Waals surface area contributed by atoms with Crippen molar-refractivity contribution in [3.05, 3.63) is 65.7 Å². The molecule has 0 aliphatic carbocycles. The third-order valence-corrected chi connectivity index (χ3v) is 3.20. The number of rotatable bonds is 5. The molecular weight excluding hydrogens is 234 g/mol. The van der Waals surface area contributed by atoms with Crippen molar-refractivity contribution < 1.29 is 4.74 Å². The minimum Gasteiger partial charge on any atom is -0.484 e. The summed E-state index contributed by atoms with van der Waals surface area (Å²) in [5.41, 5.74) is 8.47. The van der Waals surface area contributed by atoms with Crippen LogP contribution in [0.1, 0.15) is 31.1 Å². The fourth-order valence-corrected chi connectivity index (χ4v) is 2.07. The van der Waals surface area contributed by atoms with E-state index in [-0.39, 0.29) is 12.1 Å². The maximum Gasteiger partial charge on any atom is 0.138 e. The van der Waals surface area contributed by atoms with Crippen LogP contribution in [-0.2, 0) is 6.42 Å². The highest BCUT2D eigenvalue weighted by molar-refractivity contribution is 5.29. The Labute approximate surface area is 115 Å². The topological polar surface area (TPSA) is 35.2 Å². The molecule has 2 nitrogen and oxygen atoms in total. The van der Waals surface area contributed by atoms with Crippen molar-refractivity contribution in [2.75, 3.05) is 0 Å². The molecule has 0 heterocycles. The van der Waals surface area contributed by atoms with Gasteiger partial charge in [-0.15, -0.1) is 0 Å². The summed E-state index contributed by atoms with van der Waals surface area (Å²) in [6.07, 6.45) is 0.920. The molecule has 2 N–H and O–H groups in total. The Kier molecular flexibility index (Phi) is 4.58. The van der Waals surface area contributed by atoms with E-state index in [2.05, 4.69) is 31.2 Å². The van der Waals surface area contributed by atoms with Gasteiger partial charge in [0.25, 0.3) is 0 Å². The second-order valence-corrected chi connectivity index (χ2v) is 4.81. The van der Waals surface area contributed by atoms with Gasteiger partial charge >= 0.3 is 0 Å². The first-order valence-corrected chi connectivity index (χ1v) is 6.77. The lowest BCUT2D eigenvalue weighted by Gasteiger charge is -2.23. The van der Waals surface area contributed by atoms with E-state index in [1.165, 1.54) is 5.56 Å². The highest BCUT2D eigenvalue weighted by Crippen LogP contribution is 2.24. The first-order chi connectivity index (χ1) is 9.20. The van der Waals surface area contributed by atoms with E-state index in [0.717, 1.165) is 17.7 Å². The van der Waals surface area contributed by atoms with Crippen molar-refractivity contribution in [3.63, 3.8) is 0 Å². The standard InChI is InChI=1S/C17H21NO/c1-3-14-9-11-16(12-10-14)19-17(13(2)18)15-7-5-4-6-8-15/h4-13,17H,3,18H2,1-2H3. The molecule has 100 valence electrons. The highest BCUT2D eigenvalue weighted by atomic mass is 16.5. The number of benzene rings is 2. The Morgan fingerprint density at radius 1 is 1.00 bits per heavy atom. The molecule has 0 saturated heterocycles. The average Bonchev–Trinajstić information content (AvgIpc) is 2.46. The molecule has 2 aromatic rings. The van der Waals surface area contributed by atoms with Gasteiger partial charge in [0.15, 0.2) is 0 Å². The summed E-state index contributed by atoms with van der Waals surface area (Å²) >= 11 is 0. The lowest BCUT2D eigenvalue weighted by molar-refractivity contribution is 0.180. The van der Waals surface area contributed by atoms with Gasteiger partial charge in [0.1, 0.15) is 11.9 Å². The van der Waals surface area contributed by atoms with Crippen molar-refractivity contribution in [3.8, 4) is 5.75 Å². The molecule has 0 radical (unpaired) electrons. The van der Waals surface area contributed by atoms with Crippen LogP contribution in [0.4, 0.5) is 0 Å². The van der Waals surface area contributed by atoms with E-state index in [4.69, 9.17) is 10.5 Å². The van der Waals surface area contributed by atoms with Crippen LogP contribution in [0.5, 0.6) is 5.75 Å². The molecule has 19 heavy (non-hydrogen) atoms. The highest BCUT2D eigenvalue weighted by Gasteiger charge is 2.17. The van der Waals surface area contributed by atoms with Crippen molar-refractivity contribution in [1.29, 1.82) is 0 Å². The van der Waals surface area contributed by atoms with Crippen molar-refractivity contribution >= 4 is 0 Å². The summed E-state index contributed by atoms with van der Waals surface area (Å²) in [5.74, 6) is 0.864. The second-order valence-electron chi connectivity index (χ2n) is 4.81. The third kappa shape index (κ3) is 3.58. The number of nitrogens with two attached hydrogens (primary N) is 1. The summed E-state index contributed by atoms with van der Waals surface area (Å²) in [4.78, 5) is 0. The predicted molar refractivity (Wildman–Crippen MR) is 79.3 cm³/mol. The van der Waals surface area contributed by atoms with Crippen molar-refractivity contribution in [1.82, 2.24) is 0 Å². The maximum atomic E-state index is 6.05. The fraction of sp³-hybridized carbons (Fsp3) is 0.294. The van der Waals surface area contributed by atoms with Crippen LogP contribution in [0.15, 0.2) is 54.6 Å². The van der Waals surface area contributed by atoms with Crippen LogP contribution < -0.4 is 10.5 Å². The van der Waals surface area contributed by atoms with Crippen LogP contribution in [0.2, 0.25) is 0 Å². The molecule has 2 heteroatoms. The lowest BCUT2D eigenvalue weighted by Crippen LogP contribution is -2.29. The van der Waals surface area contributed by atoms with Gasteiger partial charge in [0, 0.05) is 6.04 Å². The van der Waals surface area contributed by atoms with E-state index >= 15 is 0 Å². The van der Waals surface area contributed by atoms with Gasteiger partial charge in [-0.25, -0.2) is 0 Å². The molecule has 0 aromatic heterocycles. The molecular formula is C17H21NO. The van der Waals surface area contributed by atoms with E-state index in [9.17, 15) is 0 Å². The SMILES string of the molecule is CCc1ccc(OC(c2ccccc2)C(C)N)cc1. The zero-order valence-corrected chi connectivity index (χ0v) is 11.5. The van der Waals surface area contributed by atoms with Crippen LogP contribution in [-0.4, -0.2) is 6.04 Å². The molecule has 0 fully saturated rings. The van der Waals surface area contributed by atoms with Crippen molar-refractivity contribution in [2.24, 2.45) is 5.73 Å². The molecule has 0 spiro atoms. The molecule has 2 rings (SSSR count). The largest absolute Gasteiger partial charge is 0.484 e. The Morgan fingerprint density at radius 2 is 1.63 bits per heavy atom. The molecule has 2 unspecified atom stereocenters. The van der Waals surface area contributed by atoms with Crippen LogP contribution in [0, 0.1) is 0 Å². The van der Waals surface area contributed by atoms with Gasteiger partial charge in [0.2, 0.25) is 0 Å². The van der Waals surface area contributed by atoms with Crippen LogP contribution in [0.3, 0.4) is 0 Å². The van der Waals surface area contributed by atoms with E-state index < -0.39 is 0 Å². The fourth-order valence-electron chi connectivity index (χ4n) is 2.07. The molecule has 0 amide bonds. The molecule has 0 saturated carbocycles. The summed E-state index contributed by atoms with van der Waals surface area (Å²) in [7, 11) is 0. The van der Waals surface area contributed by atoms with Gasteiger partial charge < -0.3 is 10.5 Å². The minimum absolute atomic E-state index is 0.0618. The van der Waals surface area contributed by atoms with Gasteiger partial charge in [-0.3, -0.25) is 0 Å². The quantitative estimate of drug-likeness (QED) is 0.883. The molecule has 2 aromatic carbocycles. The van der Waals surface area contributed by atoms with E-state index in [1.54, 1.807) is 0 Å². The van der Waals surface area contributed by atoms with Gasteiger partial charge in [0.05, 0.1) is 0 Å². The Balaban J connectivity index is 2.17. The van der Waals surface area contributed by atoms with E-state index in [1.807, 2.05) is 37.3 Å². The molecule has 2 atom stereocenters. The third-order valence-electron chi connectivity index (χ3n) is 3.20. The monoisotopic (exact) mass is 255 g/mol. The summed E-state index contributed by atoms with van der Waals surface area (Å²) in [6.45, 7) is 4.11. The summed E-state index contributed by atoms with van der Waals surface area (Å²) in [5, 5.41) is 0. The lowest BCUT2D eigenvalue weighted by atomic mass is 10.0. The number of hydrogen-bond donors (Lipinski definition) is 1. The molecule has 0 aliphatic rings. The average molecular weight is 255 g/mol. The summed E-state index contributed by atoms with van der Waals surface area (Å²) in [6, 6.07) is 18.3. The zero-order chi connectivity index (χ0) is 13.7. The number of hydrogen-bond acceptors (Lipinski definition) is 2. The zero-order valence-electron chi connectivity index (χ0n) is 11.5. The predicted octanol–water partition coefficient (Wildman–Crippen LogP) is 3.72. The summed E-state index contributed by atoms with van der Waals surface area (Å²) < 4.78 is 6.04. The molecule has 0 bridgehead atoms. The van der Waals surface area contributed by atoms with Crippen LogP contribution >= 0.6 is 0 Å². The first-order valence-electron chi connectivity index (χ1n) is 6.77. The van der Waals surface area contributed by atoms with Crippen LogP contribution in [0.25, 0.3) is 0 Å². The normalized spacial score (nSPS) is 13.8. The van der Waals surface area contributed by atoms with E-state index in [0.29, 0.717) is 0 Å². The Hall–Kier alpha value is -1.80. The number of aryl methyl sites for hydroxylation is 1. The minimum atomic E-state index is -0.117. The Bertz CT molecular complexity index is 490. The maximum absolute atomic E-state index is 6.05. The second kappa shape index (κ2) is 6.39. The first kappa shape index (κ1) is 13.6. The molecule has 0 aliphatic heterocycles. The van der Waals surface area contributed by atoms with Gasteiger partial charge in [-0.1, -0.05) is 49.4 Å². The van der Waals surface area contributed by atoms with Gasteiger partial charge in [-0.05, 0) is 36.6 Å². The van der Waals surface area contributed by atoms with Crippen molar-refractivity contribution in [2.45, 2.75) is 32.4 Å². The number of ether oxygens (including phenoxy) is 1. The Morgan fingerprint density at radius 3 is 2.16 bits per heavy atom.